The van der Waals surface area contributed by atoms with Crippen molar-refractivity contribution in [1.82, 2.24) is 10.2 Å². The Hall–Kier alpha value is -2.77. The second-order valence-corrected chi connectivity index (χ2v) is 5.07. The number of rotatable bonds is 6. The average Bonchev–Trinajstić information content (AvgIpc) is 3.00. The van der Waals surface area contributed by atoms with Crippen molar-refractivity contribution in [2.75, 3.05) is 26.8 Å². The number of amides is 3. The van der Waals surface area contributed by atoms with Crippen molar-refractivity contribution in [3.63, 3.8) is 0 Å². The summed E-state index contributed by atoms with van der Waals surface area (Å²) in [4.78, 5) is 36.8. The minimum absolute atomic E-state index is 0.223. The number of carbonyl (C=O) groups is 3. The number of benzene rings is 1. The van der Waals surface area contributed by atoms with Gasteiger partial charge in [0, 0.05) is 13.1 Å². The highest BCUT2D eigenvalue weighted by molar-refractivity contribution is 5.99. The molecule has 24 heavy (non-hydrogen) atoms. The highest BCUT2D eigenvalue weighted by Gasteiger charge is 2.31. The molecule has 1 heterocycles. The van der Waals surface area contributed by atoms with E-state index in [1.165, 1.54) is 26.2 Å². The normalized spacial score (nSPS) is 14.8. The fraction of sp³-hybridized carbons (Fsp3) is 0.438. The SMILES string of the molecule is CCOc1ccc(C(=O)O[C@H](C)C(=O)N2CCNC2=O)cc1OC. The van der Waals surface area contributed by atoms with Gasteiger partial charge in [-0.25, -0.2) is 9.59 Å². The Morgan fingerprint density at radius 2 is 2.08 bits per heavy atom. The highest BCUT2D eigenvalue weighted by atomic mass is 16.5. The molecule has 1 aliphatic heterocycles. The van der Waals surface area contributed by atoms with E-state index in [0.29, 0.717) is 24.7 Å². The van der Waals surface area contributed by atoms with Crippen LogP contribution in [0.4, 0.5) is 4.79 Å². The third-order valence-electron chi connectivity index (χ3n) is 3.45. The van der Waals surface area contributed by atoms with Gasteiger partial charge in [0.15, 0.2) is 17.6 Å². The van der Waals surface area contributed by atoms with Gasteiger partial charge in [0.25, 0.3) is 5.91 Å². The van der Waals surface area contributed by atoms with E-state index in [9.17, 15) is 14.4 Å². The van der Waals surface area contributed by atoms with E-state index in [2.05, 4.69) is 5.32 Å². The van der Waals surface area contributed by atoms with Crippen LogP contribution in [0.25, 0.3) is 0 Å². The molecule has 2 rings (SSSR count). The number of nitrogens with zero attached hydrogens (tertiary/aromatic N) is 1. The van der Waals surface area contributed by atoms with Crippen molar-refractivity contribution in [1.29, 1.82) is 0 Å². The minimum Gasteiger partial charge on any atom is -0.493 e. The number of esters is 1. The summed E-state index contributed by atoms with van der Waals surface area (Å²) in [5, 5.41) is 2.52. The number of hydrogen-bond donors (Lipinski definition) is 1. The van der Waals surface area contributed by atoms with E-state index in [1.807, 2.05) is 6.92 Å². The molecule has 130 valence electrons. The molecule has 1 aromatic carbocycles. The first kappa shape index (κ1) is 17.6. The van der Waals surface area contributed by atoms with Gasteiger partial charge in [0.2, 0.25) is 0 Å². The Balaban J connectivity index is 2.06. The summed E-state index contributed by atoms with van der Waals surface area (Å²) in [5.74, 6) is -0.341. The molecule has 1 saturated heterocycles. The second-order valence-electron chi connectivity index (χ2n) is 5.07. The lowest BCUT2D eigenvalue weighted by Gasteiger charge is -2.18. The molecule has 0 radical (unpaired) electrons. The van der Waals surface area contributed by atoms with Crippen LogP contribution < -0.4 is 14.8 Å². The van der Waals surface area contributed by atoms with Crippen LogP contribution in [0.1, 0.15) is 24.2 Å². The van der Waals surface area contributed by atoms with E-state index in [0.717, 1.165) is 4.90 Å². The average molecular weight is 336 g/mol. The molecular formula is C16H20N2O6. The summed E-state index contributed by atoms with van der Waals surface area (Å²) < 4.78 is 15.7. The monoisotopic (exact) mass is 336 g/mol. The molecule has 0 aromatic heterocycles. The van der Waals surface area contributed by atoms with E-state index in [4.69, 9.17) is 14.2 Å². The van der Waals surface area contributed by atoms with Gasteiger partial charge >= 0.3 is 12.0 Å². The number of carbonyl (C=O) groups excluding carboxylic acids is 3. The molecule has 1 aliphatic rings. The fourth-order valence-corrected chi connectivity index (χ4v) is 2.25. The van der Waals surface area contributed by atoms with Gasteiger partial charge in [-0.05, 0) is 32.0 Å². The first-order valence-electron chi connectivity index (χ1n) is 7.59. The third kappa shape index (κ3) is 3.76. The Kier molecular flexibility index (Phi) is 5.62. The molecule has 0 saturated carbocycles. The van der Waals surface area contributed by atoms with Crippen LogP contribution in [0.2, 0.25) is 0 Å². The molecule has 8 heteroatoms. The summed E-state index contributed by atoms with van der Waals surface area (Å²) in [7, 11) is 1.46. The predicted octanol–water partition coefficient (Wildman–Crippen LogP) is 1.19. The highest BCUT2D eigenvalue weighted by Crippen LogP contribution is 2.28. The van der Waals surface area contributed by atoms with Gasteiger partial charge in [-0.1, -0.05) is 0 Å². The summed E-state index contributed by atoms with van der Waals surface area (Å²) in [5.41, 5.74) is 0.223. The second kappa shape index (κ2) is 7.67. The van der Waals surface area contributed by atoms with Crippen LogP contribution in [-0.2, 0) is 9.53 Å². The van der Waals surface area contributed by atoms with Crippen LogP contribution in [0, 0.1) is 0 Å². The minimum atomic E-state index is -1.07. The van der Waals surface area contributed by atoms with E-state index >= 15 is 0 Å². The maximum Gasteiger partial charge on any atom is 0.339 e. The first-order valence-corrected chi connectivity index (χ1v) is 7.59. The van der Waals surface area contributed by atoms with Crippen molar-refractivity contribution < 1.29 is 28.6 Å². The zero-order valence-electron chi connectivity index (χ0n) is 13.8. The summed E-state index contributed by atoms with van der Waals surface area (Å²) >= 11 is 0. The Morgan fingerprint density at radius 3 is 2.67 bits per heavy atom. The van der Waals surface area contributed by atoms with Crippen LogP contribution in [0.5, 0.6) is 11.5 Å². The summed E-state index contributed by atoms with van der Waals surface area (Å²) in [6.45, 7) is 4.38. The van der Waals surface area contributed by atoms with Gasteiger partial charge < -0.3 is 19.5 Å². The molecule has 1 atom stereocenters. The number of imide groups is 1. The molecule has 1 aromatic rings. The smallest absolute Gasteiger partial charge is 0.339 e. The molecule has 0 unspecified atom stereocenters. The fourth-order valence-electron chi connectivity index (χ4n) is 2.25. The number of methoxy groups -OCH3 is 1. The maximum absolute atomic E-state index is 12.2. The zero-order chi connectivity index (χ0) is 17.7. The third-order valence-corrected chi connectivity index (χ3v) is 3.45. The lowest BCUT2D eigenvalue weighted by molar-refractivity contribution is -0.136. The van der Waals surface area contributed by atoms with Crippen LogP contribution in [0.15, 0.2) is 18.2 Å². The van der Waals surface area contributed by atoms with Gasteiger partial charge in [-0.2, -0.15) is 0 Å². The van der Waals surface area contributed by atoms with Gasteiger partial charge in [-0.15, -0.1) is 0 Å². The standard InChI is InChI=1S/C16H20N2O6/c1-4-23-12-6-5-11(9-13(12)22-3)15(20)24-10(2)14(19)18-8-7-17-16(18)21/h5-6,9-10H,4,7-8H2,1-3H3,(H,17,21)/t10-/m1/s1. The van der Waals surface area contributed by atoms with Crippen LogP contribution >= 0.6 is 0 Å². The topological polar surface area (TPSA) is 94.2 Å². The zero-order valence-corrected chi connectivity index (χ0v) is 13.8. The van der Waals surface area contributed by atoms with Crippen molar-refractivity contribution in [2.24, 2.45) is 0 Å². The molecular weight excluding hydrogens is 316 g/mol. The first-order chi connectivity index (χ1) is 11.5. The van der Waals surface area contributed by atoms with Gasteiger partial charge in [-0.3, -0.25) is 9.69 Å². The lowest BCUT2D eigenvalue weighted by Crippen LogP contribution is -2.41. The van der Waals surface area contributed by atoms with Crippen molar-refractivity contribution in [3.8, 4) is 11.5 Å². The quantitative estimate of drug-likeness (QED) is 0.784. The Bertz CT molecular complexity index is 645. The molecule has 3 amide bonds. The van der Waals surface area contributed by atoms with Gasteiger partial charge in [0.05, 0.1) is 19.3 Å². The largest absolute Gasteiger partial charge is 0.493 e. The van der Waals surface area contributed by atoms with E-state index in [1.54, 1.807) is 6.07 Å². The summed E-state index contributed by atoms with van der Waals surface area (Å²) in [6, 6.07) is 4.12. The molecule has 0 spiro atoms. The molecule has 1 fully saturated rings. The Morgan fingerprint density at radius 1 is 1.33 bits per heavy atom. The molecule has 0 bridgehead atoms. The predicted molar refractivity (Wildman–Crippen MR) is 84.2 cm³/mol. The van der Waals surface area contributed by atoms with Crippen molar-refractivity contribution in [3.05, 3.63) is 23.8 Å². The number of urea groups is 1. The molecule has 1 N–H and O–H groups in total. The number of ether oxygens (including phenoxy) is 3. The number of hydrogen-bond acceptors (Lipinski definition) is 6. The van der Waals surface area contributed by atoms with Gasteiger partial charge in [0.1, 0.15) is 0 Å². The van der Waals surface area contributed by atoms with Crippen LogP contribution in [-0.4, -0.2) is 55.7 Å². The summed E-state index contributed by atoms with van der Waals surface area (Å²) in [6.07, 6.45) is -1.07. The molecule has 0 aliphatic carbocycles. The number of nitrogens with one attached hydrogen (secondary N) is 1. The lowest BCUT2D eigenvalue weighted by atomic mass is 10.2. The van der Waals surface area contributed by atoms with Crippen molar-refractivity contribution >= 4 is 17.9 Å². The maximum atomic E-state index is 12.2. The van der Waals surface area contributed by atoms with E-state index < -0.39 is 24.0 Å². The van der Waals surface area contributed by atoms with E-state index in [-0.39, 0.29) is 12.1 Å². The van der Waals surface area contributed by atoms with Crippen LogP contribution in [0.3, 0.4) is 0 Å². The molecule has 8 nitrogen and oxygen atoms in total. The Labute approximate surface area is 139 Å². The van der Waals surface area contributed by atoms with Crippen molar-refractivity contribution in [2.45, 2.75) is 20.0 Å².